The quantitative estimate of drug-likeness (QED) is 0.437. The van der Waals surface area contributed by atoms with Crippen LogP contribution in [0.5, 0.6) is 0 Å². The van der Waals surface area contributed by atoms with Crippen molar-refractivity contribution in [3.05, 3.63) is 88.1 Å². The highest BCUT2D eigenvalue weighted by Crippen LogP contribution is 2.27. The lowest BCUT2D eigenvalue weighted by Gasteiger charge is -2.18. The zero-order chi connectivity index (χ0) is 20.9. The van der Waals surface area contributed by atoms with Crippen LogP contribution in [-0.2, 0) is 4.79 Å². The molecule has 6 nitrogen and oxygen atoms in total. The molecule has 2 aromatic heterocycles. The summed E-state index contributed by atoms with van der Waals surface area (Å²) in [6, 6.07) is 15.3. The Kier molecular flexibility index (Phi) is 6.15. The molecule has 0 fully saturated rings. The Morgan fingerprint density at radius 3 is 2.67 bits per heavy atom. The number of nitrogens with one attached hydrogen (secondary N) is 1. The second-order valence-electron chi connectivity index (χ2n) is 6.21. The maximum absolute atomic E-state index is 13.5. The average Bonchev–Trinajstić information content (AvgIpc) is 3.43. The van der Waals surface area contributed by atoms with Crippen molar-refractivity contribution >= 4 is 29.0 Å². The number of aromatic nitrogens is 4. The summed E-state index contributed by atoms with van der Waals surface area (Å²) < 4.78 is 28.2. The zero-order valence-corrected chi connectivity index (χ0v) is 17.0. The molecule has 2 heterocycles. The third-order valence-corrected chi connectivity index (χ3v) is 6.02. The van der Waals surface area contributed by atoms with Gasteiger partial charge < -0.3 is 5.32 Å². The first-order chi connectivity index (χ1) is 14.6. The van der Waals surface area contributed by atoms with Crippen LogP contribution < -0.4 is 5.32 Å². The summed E-state index contributed by atoms with van der Waals surface area (Å²) in [5.41, 5.74) is 1.24. The first-order valence-electron chi connectivity index (χ1n) is 8.85. The van der Waals surface area contributed by atoms with Crippen molar-refractivity contribution in [3.8, 4) is 5.69 Å². The van der Waals surface area contributed by atoms with Gasteiger partial charge in [-0.25, -0.2) is 8.78 Å². The van der Waals surface area contributed by atoms with Gasteiger partial charge in [0.25, 0.3) is 0 Å². The Bertz CT molecular complexity index is 1130. The van der Waals surface area contributed by atoms with E-state index in [0.29, 0.717) is 10.8 Å². The number of carbonyl (C=O) groups is 1. The van der Waals surface area contributed by atoms with Gasteiger partial charge in [-0.15, -0.1) is 16.4 Å². The third-order valence-electron chi connectivity index (χ3n) is 4.16. The second-order valence-corrected chi connectivity index (χ2v) is 8.13. The first-order valence-corrected chi connectivity index (χ1v) is 10.7. The number of amides is 1. The molecule has 0 bridgehead atoms. The Morgan fingerprint density at radius 2 is 1.93 bits per heavy atom. The Morgan fingerprint density at radius 1 is 1.10 bits per heavy atom. The molecule has 4 aromatic rings. The molecule has 0 spiro atoms. The molecule has 0 aliphatic rings. The smallest absolute Gasteiger partial charge is 0.231 e. The van der Waals surface area contributed by atoms with Crippen LogP contribution in [0.1, 0.15) is 16.5 Å². The van der Waals surface area contributed by atoms with Gasteiger partial charge in [0.1, 0.15) is 11.6 Å². The van der Waals surface area contributed by atoms with Crippen LogP contribution in [0.4, 0.5) is 8.78 Å². The van der Waals surface area contributed by atoms with Crippen LogP contribution in [-0.4, -0.2) is 31.9 Å². The minimum atomic E-state index is -0.408. The SMILES string of the molecule is O=C(CSc1nnnn1-c1cccc(F)c1)N[C@@H](c1ccc(F)cc1)c1cccs1. The molecule has 1 amide bonds. The fraction of sp³-hybridized carbons (Fsp3) is 0.100. The summed E-state index contributed by atoms with van der Waals surface area (Å²) in [6.45, 7) is 0. The van der Waals surface area contributed by atoms with Gasteiger partial charge in [-0.05, 0) is 57.8 Å². The Hall–Kier alpha value is -3.11. The fourth-order valence-corrected chi connectivity index (χ4v) is 4.31. The molecule has 2 aromatic carbocycles. The second kappa shape index (κ2) is 9.14. The van der Waals surface area contributed by atoms with Gasteiger partial charge >= 0.3 is 0 Å². The molecule has 0 saturated heterocycles. The number of carbonyl (C=O) groups excluding carboxylic acids is 1. The molecule has 0 radical (unpaired) electrons. The summed E-state index contributed by atoms with van der Waals surface area (Å²) in [4.78, 5) is 13.6. The lowest BCUT2D eigenvalue weighted by molar-refractivity contribution is -0.119. The topological polar surface area (TPSA) is 72.7 Å². The van der Waals surface area contributed by atoms with E-state index in [-0.39, 0.29) is 17.5 Å². The van der Waals surface area contributed by atoms with Crippen molar-refractivity contribution in [1.82, 2.24) is 25.5 Å². The van der Waals surface area contributed by atoms with E-state index >= 15 is 0 Å². The monoisotopic (exact) mass is 443 g/mol. The first kappa shape index (κ1) is 20.2. The van der Waals surface area contributed by atoms with Crippen molar-refractivity contribution in [2.24, 2.45) is 0 Å². The number of nitrogens with zero attached hydrogens (tertiary/aromatic N) is 4. The van der Waals surface area contributed by atoms with E-state index in [1.807, 2.05) is 17.5 Å². The summed E-state index contributed by atoms with van der Waals surface area (Å²) in [6.07, 6.45) is 0. The molecular formula is C20H15F2N5OS2. The molecule has 0 saturated carbocycles. The van der Waals surface area contributed by atoms with Gasteiger partial charge in [-0.1, -0.05) is 36.0 Å². The number of thioether (sulfide) groups is 1. The van der Waals surface area contributed by atoms with Crippen LogP contribution in [0, 0.1) is 11.6 Å². The molecule has 0 aliphatic heterocycles. The van der Waals surface area contributed by atoms with Crippen molar-refractivity contribution in [1.29, 1.82) is 0 Å². The highest BCUT2D eigenvalue weighted by molar-refractivity contribution is 7.99. The standard InChI is InChI=1S/C20H15F2N5OS2/c21-14-8-6-13(7-9-14)19(17-5-2-10-29-17)23-18(28)12-30-20-24-25-26-27(20)16-4-1-3-15(22)11-16/h1-11,19H,12H2,(H,23,28)/t19-/m0/s1. The number of thiophene rings is 1. The van der Waals surface area contributed by atoms with Crippen molar-refractivity contribution in [3.63, 3.8) is 0 Å². The summed E-state index contributed by atoms with van der Waals surface area (Å²) in [5, 5.41) is 16.7. The Balaban J connectivity index is 1.46. The number of rotatable bonds is 7. The summed E-state index contributed by atoms with van der Waals surface area (Å²) >= 11 is 2.64. The number of tetrazole rings is 1. The van der Waals surface area contributed by atoms with Gasteiger partial charge in [0, 0.05) is 4.88 Å². The third kappa shape index (κ3) is 4.71. The zero-order valence-electron chi connectivity index (χ0n) is 15.4. The minimum Gasteiger partial charge on any atom is -0.344 e. The lowest BCUT2D eigenvalue weighted by Crippen LogP contribution is -2.30. The van der Waals surface area contributed by atoms with E-state index in [2.05, 4.69) is 20.8 Å². The molecule has 30 heavy (non-hydrogen) atoms. The molecule has 1 atom stereocenters. The van der Waals surface area contributed by atoms with Crippen LogP contribution in [0.25, 0.3) is 5.69 Å². The number of halogens is 2. The molecular weight excluding hydrogens is 428 g/mol. The lowest BCUT2D eigenvalue weighted by atomic mass is 10.1. The summed E-state index contributed by atoms with van der Waals surface area (Å²) in [5.74, 6) is -0.931. The van der Waals surface area contributed by atoms with Crippen LogP contribution in [0.3, 0.4) is 0 Å². The summed E-state index contributed by atoms with van der Waals surface area (Å²) in [7, 11) is 0. The van der Waals surface area contributed by atoms with Crippen molar-refractivity contribution in [2.45, 2.75) is 11.2 Å². The Labute approximate surface area is 178 Å². The van der Waals surface area contributed by atoms with Crippen LogP contribution in [0.15, 0.2) is 71.2 Å². The van der Waals surface area contributed by atoms with Gasteiger partial charge in [-0.3, -0.25) is 4.79 Å². The predicted octanol–water partition coefficient (Wildman–Crippen LogP) is 4.00. The molecule has 152 valence electrons. The van der Waals surface area contributed by atoms with E-state index in [1.54, 1.807) is 24.3 Å². The fourth-order valence-electron chi connectivity index (χ4n) is 2.80. The largest absolute Gasteiger partial charge is 0.344 e. The predicted molar refractivity (Wildman–Crippen MR) is 111 cm³/mol. The average molecular weight is 444 g/mol. The normalized spacial score (nSPS) is 11.9. The van der Waals surface area contributed by atoms with Gasteiger partial charge in [0.2, 0.25) is 11.1 Å². The maximum Gasteiger partial charge on any atom is 0.231 e. The van der Waals surface area contributed by atoms with Crippen LogP contribution >= 0.6 is 23.1 Å². The highest BCUT2D eigenvalue weighted by Gasteiger charge is 2.19. The number of benzene rings is 2. The number of hydrogen-bond donors (Lipinski definition) is 1. The van der Waals surface area contributed by atoms with E-state index in [0.717, 1.165) is 22.2 Å². The van der Waals surface area contributed by atoms with E-state index in [9.17, 15) is 13.6 Å². The van der Waals surface area contributed by atoms with Gasteiger partial charge in [0.05, 0.1) is 17.5 Å². The van der Waals surface area contributed by atoms with Crippen molar-refractivity contribution < 1.29 is 13.6 Å². The minimum absolute atomic E-state index is 0.0543. The van der Waals surface area contributed by atoms with E-state index in [1.165, 1.54) is 40.3 Å². The molecule has 0 unspecified atom stereocenters. The molecule has 1 N–H and O–H groups in total. The molecule has 0 aliphatic carbocycles. The molecule has 10 heteroatoms. The highest BCUT2D eigenvalue weighted by atomic mass is 32.2. The van der Waals surface area contributed by atoms with E-state index in [4.69, 9.17) is 0 Å². The van der Waals surface area contributed by atoms with Gasteiger partial charge in [0.15, 0.2) is 0 Å². The van der Waals surface area contributed by atoms with Crippen molar-refractivity contribution in [2.75, 3.05) is 5.75 Å². The maximum atomic E-state index is 13.5. The van der Waals surface area contributed by atoms with E-state index < -0.39 is 11.9 Å². The van der Waals surface area contributed by atoms with Crippen LogP contribution in [0.2, 0.25) is 0 Å². The molecule has 4 rings (SSSR count). The number of hydrogen-bond acceptors (Lipinski definition) is 6. The van der Waals surface area contributed by atoms with Gasteiger partial charge in [-0.2, -0.15) is 4.68 Å².